The molecule has 0 spiro atoms. The number of nitrogens with zero attached hydrogens (tertiary/aromatic N) is 4. The van der Waals surface area contributed by atoms with Crippen molar-refractivity contribution in [3.05, 3.63) is 52.6 Å². The van der Waals surface area contributed by atoms with Gasteiger partial charge in [0.05, 0.1) is 23.1 Å². The largest absolute Gasteiger partial charge is 0.480 e. The summed E-state index contributed by atoms with van der Waals surface area (Å²) in [7, 11) is 0. The van der Waals surface area contributed by atoms with Crippen LogP contribution in [-0.2, 0) is 24.2 Å². The molecule has 7 N–H and O–H groups in total. The Labute approximate surface area is 196 Å². The molecule has 1 aliphatic carbocycles. The van der Waals surface area contributed by atoms with E-state index in [0.29, 0.717) is 41.3 Å². The molecular weight excluding hydrogens is 465 g/mol. The Kier molecular flexibility index (Phi) is 6.01. The Morgan fingerprint density at radius 1 is 1.20 bits per heavy atom. The minimum absolute atomic E-state index is 0.00770. The minimum atomic E-state index is -4.90. The molecule has 0 unspecified atom stereocenters. The number of benzene rings is 1. The summed E-state index contributed by atoms with van der Waals surface area (Å²) in [6, 6.07) is 3.03. The van der Waals surface area contributed by atoms with Gasteiger partial charge >= 0.3 is 12.1 Å². The Balaban J connectivity index is 1.94. The summed E-state index contributed by atoms with van der Waals surface area (Å²) in [6.07, 6.45) is -0.438. The highest BCUT2D eigenvalue weighted by atomic mass is 19.4. The van der Waals surface area contributed by atoms with Gasteiger partial charge in [-0.15, -0.1) is 5.10 Å². The van der Waals surface area contributed by atoms with Crippen LogP contribution in [0.4, 0.5) is 18.9 Å². The van der Waals surface area contributed by atoms with Crippen LogP contribution in [0, 0.1) is 10.8 Å². The molecule has 0 radical (unpaired) electrons. The van der Waals surface area contributed by atoms with Gasteiger partial charge in [0.25, 0.3) is 0 Å². The zero-order chi connectivity index (χ0) is 25.5. The second-order valence-electron chi connectivity index (χ2n) is 8.07. The second kappa shape index (κ2) is 8.81. The number of rotatable bonds is 6. The summed E-state index contributed by atoms with van der Waals surface area (Å²) < 4.78 is 41.2. The first-order valence-corrected chi connectivity index (χ1v) is 10.6. The van der Waals surface area contributed by atoms with Crippen molar-refractivity contribution < 1.29 is 23.1 Å². The molecule has 182 valence electrons. The van der Waals surface area contributed by atoms with Crippen LogP contribution < -0.4 is 11.5 Å². The number of allylic oxidation sites excluding steroid dienone is 1. The fourth-order valence-electron chi connectivity index (χ4n) is 4.32. The summed E-state index contributed by atoms with van der Waals surface area (Å²) in [4.78, 5) is 15.4. The number of aryl methyl sites for hydroxylation is 1. The van der Waals surface area contributed by atoms with Gasteiger partial charge < -0.3 is 16.6 Å². The fourth-order valence-corrected chi connectivity index (χ4v) is 4.32. The Morgan fingerprint density at radius 3 is 2.51 bits per heavy atom. The van der Waals surface area contributed by atoms with E-state index in [-0.39, 0.29) is 28.4 Å². The highest BCUT2D eigenvalue weighted by Gasteiger charge is 2.39. The average molecular weight is 486 g/mol. The van der Waals surface area contributed by atoms with Crippen LogP contribution in [0.1, 0.15) is 40.9 Å². The molecule has 0 amide bonds. The van der Waals surface area contributed by atoms with Gasteiger partial charge in [0.1, 0.15) is 18.0 Å². The SMILES string of the molecule is N=C(c1cn(CC(=O)O)nn1)c1c(N)ccc2nc(/C(=C/N)C(=N)C(F)(F)F)c3c(c12)CCCC3. The van der Waals surface area contributed by atoms with Crippen molar-refractivity contribution in [2.24, 2.45) is 5.73 Å². The monoisotopic (exact) mass is 486 g/mol. The van der Waals surface area contributed by atoms with Gasteiger partial charge in [0, 0.05) is 28.4 Å². The quantitative estimate of drug-likeness (QED) is 0.262. The molecular formula is C22H21F3N8O2. The molecule has 10 nitrogen and oxygen atoms in total. The summed E-state index contributed by atoms with van der Waals surface area (Å²) in [5.74, 6) is -1.13. The van der Waals surface area contributed by atoms with Crippen LogP contribution in [0.2, 0.25) is 0 Å². The normalized spacial score (nSPS) is 14.1. The van der Waals surface area contributed by atoms with Crippen molar-refractivity contribution in [1.29, 1.82) is 10.8 Å². The van der Waals surface area contributed by atoms with Crippen LogP contribution >= 0.6 is 0 Å². The molecule has 1 aliphatic rings. The van der Waals surface area contributed by atoms with E-state index in [2.05, 4.69) is 15.3 Å². The van der Waals surface area contributed by atoms with E-state index in [1.54, 1.807) is 6.07 Å². The number of nitrogens with two attached hydrogens (primary N) is 2. The van der Waals surface area contributed by atoms with E-state index >= 15 is 0 Å². The minimum Gasteiger partial charge on any atom is -0.480 e. The molecule has 0 saturated carbocycles. The zero-order valence-electron chi connectivity index (χ0n) is 18.3. The molecule has 1 aromatic carbocycles. The van der Waals surface area contributed by atoms with Crippen LogP contribution in [0.3, 0.4) is 0 Å². The van der Waals surface area contributed by atoms with Crippen LogP contribution in [-0.4, -0.2) is 48.7 Å². The first-order chi connectivity index (χ1) is 16.5. The Hall–Kier alpha value is -4.29. The molecule has 0 atom stereocenters. The van der Waals surface area contributed by atoms with E-state index < -0.39 is 30.0 Å². The van der Waals surface area contributed by atoms with E-state index in [1.165, 1.54) is 12.3 Å². The number of fused-ring (bicyclic) bond motifs is 3. The lowest BCUT2D eigenvalue weighted by Crippen LogP contribution is -2.25. The predicted octanol–water partition coefficient (Wildman–Crippen LogP) is 2.67. The van der Waals surface area contributed by atoms with E-state index in [1.807, 2.05) is 0 Å². The third kappa shape index (κ3) is 4.32. The van der Waals surface area contributed by atoms with Crippen LogP contribution in [0.5, 0.6) is 0 Å². The van der Waals surface area contributed by atoms with Crippen molar-refractivity contribution in [2.45, 2.75) is 38.4 Å². The number of nitrogen functional groups attached to an aromatic ring is 1. The maximum absolute atomic E-state index is 13.4. The first-order valence-electron chi connectivity index (χ1n) is 10.6. The zero-order valence-corrected chi connectivity index (χ0v) is 18.3. The van der Waals surface area contributed by atoms with E-state index in [4.69, 9.17) is 27.4 Å². The molecule has 0 bridgehead atoms. The van der Waals surface area contributed by atoms with Gasteiger partial charge in [-0.1, -0.05) is 5.21 Å². The number of aromatic nitrogens is 4. The van der Waals surface area contributed by atoms with Crippen molar-refractivity contribution >= 4 is 39.6 Å². The number of hydrogen-bond donors (Lipinski definition) is 5. The number of alkyl halides is 3. The standard InChI is InChI=1S/C22H21F3N8O2/c23-22(24,25)21(29)12(7-26)20-11-4-2-1-3-10(11)17-14(30-20)6-5-13(27)18(17)19(28)15-8-33(32-31-15)9-16(34)35/h5-8,28-29H,1-4,9,26-27H2,(H,34,35)/b12-7-,28-19?,29-21?. The molecule has 13 heteroatoms. The maximum atomic E-state index is 13.4. The summed E-state index contributed by atoms with van der Waals surface area (Å²) in [6.45, 7) is -0.440. The van der Waals surface area contributed by atoms with Crippen molar-refractivity contribution in [1.82, 2.24) is 20.0 Å². The topological polar surface area (TPSA) is 181 Å². The van der Waals surface area contributed by atoms with E-state index in [9.17, 15) is 18.0 Å². The van der Waals surface area contributed by atoms with Crippen LogP contribution in [0.25, 0.3) is 16.5 Å². The first kappa shape index (κ1) is 23.9. The Morgan fingerprint density at radius 2 is 1.89 bits per heavy atom. The van der Waals surface area contributed by atoms with E-state index in [0.717, 1.165) is 17.3 Å². The number of pyridine rings is 1. The van der Waals surface area contributed by atoms with Gasteiger partial charge in [0.2, 0.25) is 0 Å². The van der Waals surface area contributed by atoms with Gasteiger partial charge in [-0.25, -0.2) is 9.67 Å². The number of aliphatic carboxylic acids is 1. The third-order valence-corrected chi connectivity index (χ3v) is 5.82. The number of halogens is 3. The number of carboxylic acids is 1. The van der Waals surface area contributed by atoms with Crippen molar-refractivity contribution in [2.75, 3.05) is 5.73 Å². The number of nitrogens with one attached hydrogen (secondary N) is 2. The Bertz CT molecular complexity index is 1410. The third-order valence-electron chi connectivity index (χ3n) is 5.82. The number of hydrogen-bond acceptors (Lipinski definition) is 8. The molecule has 0 aliphatic heterocycles. The van der Waals surface area contributed by atoms with Crippen molar-refractivity contribution in [3.8, 4) is 0 Å². The smallest absolute Gasteiger partial charge is 0.433 e. The summed E-state index contributed by atoms with van der Waals surface area (Å²) >= 11 is 0. The highest BCUT2D eigenvalue weighted by Crippen LogP contribution is 2.38. The van der Waals surface area contributed by atoms with Crippen LogP contribution in [0.15, 0.2) is 24.5 Å². The predicted molar refractivity (Wildman–Crippen MR) is 122 cm³/mol. The number of carboxylic acid groups (broad SMARTS) is 1. The lowest BCUT2D eigenvalue weighted by molar-refractivity contribution is -0.137. The summed E-state index contributed by atoms with van der Waals surface area (Å²) in [5, 5.41) is 33.5. The van der Waals surface area contributed by atoms with Gasteiger partial charge in [-0.05, 0) is 48.9 Å². The molecule has 0 saturated heterocycles. The lowest BCUT2D eigenvalue weighted by atomic mass is 9.83. The maximum Gasteiger partial charge on any atom is 0.433 e. The molecule has 3 aromatic rings. The molecule has 4 rings (SSSR count). The van der Waals surface area contributed by atoms with Gasteiger partial charge in [0.15, 0.2) is 0 Å². The molecule has 0 fully saturated rings. The number of anilines is 1. The second-order valence-corrected chi connectivity index (χ2v) is 8.07. The molecule has 2 aromatic heterocycles. The van der Waals surface area contributed by atoms with Gasteiger partial charge in [-0.2, -0.15) is 13.2 Å². The molecule has 2 heterocycles. The fraction of sp³-hybridized carbons (Fsp3) is 0.273. The lowest BCUT2D eigenvalue weighted by Gasteiger charge is -2.24. The average Bonchev–Trinajstić information content (AvgIpc) is 3.26. The summed E-state index contributed by atoms with van der Waals surface area (Å²) in [5.41, 5.74) is 11.7. The van der Waals surface area contributed by atoms with Gasteiger partial charge in [-0.3, -0.25) is 15.6 Å². The highest BCUT2D eigenvalue weighted by molar-refractivity contribution is 6.25. The van der Waals surface area contributed by atoms with Crippen molar-refractivity contribution in [3.63, 3.8) is 0 Å². The number of carbonyl (C=O) groups is 1. The molecule has 35 heavy (non-hydrogen) atoms.